The summed E-state index contributed by atoms with van der Waals surface area (Å²) in [5.41, 5.74) is 5.92. The topological polar surface area (TPSA) is 26.0 Å². The molecule has 0 bridgehead atoms. The van der Waals surface area contributed by atoms with Gasteiger partial charge in [-0.05, 0) is 30.1 Å². The molecule has 2 N–H and O–H groups in total. The standard InChI is InChI=1S/C9H17N/c1-5-3-4-7-8(6(5)2)9(7)10/h5-9H,3-4,10H2,1-2H3/t5-,6-,7+,8+,9+/m1/s1. The molecule has 0 radical (unpaired) electrons. The fraction of sp³-hybridized carbons (Fsp3) is 1.00. The Labute approximate surface area is 63.0 Å². The highest BCUT2D eigenvalue weighted by molar-refractivity contribution is 5.06. The van der Waals surface area contributed by atoms with Gasteiger partial charge in [0.05, 0.1) is 0 Å². The molecule has 1 heteroatoms. The second-order valence-corrected chi connectivity index (χ2v) is 4.23. The highest BCUT2D eigenvalue weighted by Gasteiger charge is 2.53. The summed E-state index contributed by atoms with van der Waals surface area (Å²) in [7, 11) is 0. The molecule has 0 heterocycles. The van der Waals surface area contributed by atoms with Gasteiger partial charge >= 0.3 is 0 Å². The molecule has 0 unspecified atom stereocenters. The first kappa shape index (κ1) is 6.66. The van der Waals surface area contributed by atoms with Gasteiger partial charge in [0.25, 0.3) is 0 Å². The molecule has 2 aliphatic rings. The molecule has 2 fully saturated rings. The Morgan fingerprint density at radius 3 is 2.50 bits per heavy atom. The normalized spacial score (nSPS) is 59.7. The Kier molecular flexibility index (Phi) is 1.31. The third-order valence-electron chi connectivity index (χ3n) is 3.75. The zero-order valence-corrected chi connectivity index (χ0v) is 6.88. The molecule has 2 rings (SSSR count). The summed E-state index contributed by atoms with van der Waals surface area (Å²) in [6, 6.07) is 0.569. The van der Waals surface area contributed by atoms with Gasteiger partial charge in [-0.3, -0.25) is 0 Å². The summed E-state index contributed by atoms with van der Waals surface area (Å²) in [6.45, 7) is 4.74. The summed E-state index contributed by atoms with van der Waals surface area (Å²) in [5.74, 6) is 3.62. The highest BCUT2D eigenvalue weighted by Crippen LogP contribution is 2.53. The maximum Gasteiger partial charge on any atom is 0.0105 e. The van der Waals surface area contributed by atoms with E-state index in [4.69, 9.17) is 5.73 Å². The van der Waals surface area contributed by atoms with Crippen LogP contribution in [0.5, 0.6) is 0 Å². The number of nitrogens with two attached hydrogens (primary N) is 1. The van der Waals surface area contributed by atoms with Crippen LogP contribution < -0.4 is 5.73 Å². The van der Waals surface area contributed by atoms with E-state index in [9.17, 15) is 0 Å². The number of fused-ring (bicyclic) bond motifs is 1. The van der Waals surface area contributed by atoms with Crippen molar-refractivity contribution in [2.45, 2.75) is 32.7 Å². The van der Waals surface area contributed by atoms with Gasteiger partial charge in [-0.1, -0.05) is 20.3 Å². The van der Waals surface area contributed by atoms with E-state index >= 15 is 0 Å². The minimum atomic E-state index is 0.569. The fourth-order valence-corrected chi connectivity index (χ4v) is 2.65. The molecule has 0 aromatic heterocycles. The van der Waals surface area contributed by atoms with Crippen LogP contribution in [0.4, 0.5) is 0 Å². The first-order chi connectivity index (χ1) is 4.72. The molecule has 10 heavy (non-hydrogen) atoms. The van der Waals surface area contributed by atoms with Crippen molar-refractivity contribution in [3.8, 4) is 0 Å². The second kappa shape index (κ2) is 1.97. The lowest BCUT2D eigenvalue weighted by molar-refractivity contribution is 0.259. The van der Waals surface area contributed by atoms with Gasteiger partial charge in [0.15, 0.2) is 0 Å². The van der Waals surface area contributed by atoms with Crippen LogP contribution in [0.3, 0.4) is 0 Å². The van der Waals surface area contributed by atoms with E-state index in [0.717, 1.165) is 23.7 Å². The zero-order chi connectivity index (χ0) is 7.30. The smallest absolute Gasteiger partial charge is 0.0105 e. The summed E-state index contributed by atoms with van der Waals surface area (Å²) in [6.07, 6.45) is 2.81. The first-order valence-electron chi connectivity index (χ1n) is 4.47. The highest BCUT2D eigenvalue weighted by atomic mass is 14.8. The lowest BCUT2D eigenvalue weighted by Crippen LogP contribution is -2.17. The van der Waals surface area contributed by atoms with Crippen molar-refractivity contribution in [1.29, 1.82) is 0 Å². The summed E-state index contributed by atoms with van der Waals surface area (Å²) in [5, 5.41) is 0. The minimum Gasteiger partial charge on any atom is -0.327 e. The second-order valence-electron chi connectivity index (χ2n) is 4.23. The van der Waals surface area contributed by atoms with Gasteiger partial charge in [0.2, 0.25) is 0 Å². The van der Waals surface area contributed by atoms with E-state index in [0.29, 0.717) is 6.04 Å². The predicted molar refractivity (Wildman–Crippen MR) is 42.5 cm³/mol. The van der Waals surface area contributed by atoms with Crippen LogP contribution in [0.1, 0.15) is 26.7 Å². The molecule has 0 aromatic rings. The molecule has 2 aliphatic carbocycles. The van der Waals surface area contributed by atoms with E-state index < -0.39 is 0 Å². The van der Waals surface area contributed by atoms with Gasteiger partial charge in [0, 0.05) is 6.04 Å². The molecule has 5 atom stereocenters. The molecule has 2 saturated carbocycles. The Hall–Kier alpha value is -0.0400. The van der Waals surface area contributed by atoms with Crippen LogP contribution >= 0.6 is 0 Å². The third-order valence-corrected chi connectivity index (χ3v) is 3.75. The lowest BCUT2D eigenvalue weighted by atomic mass is 9.82. The molecule has 0 saturated heterocycles. The van der Waals surface area contributed by atoms with Crippen molar-refractivity contribution >= 4 is 0 Å². The Morgan fingerprint density at radius 1 is 1.20 bits per heavy atom. The van der Waals surface area contributed by atoms with Crippen molar-refractivity contribution in [1.82, 2.24) is 0 Å². The average molecular weight is 139 g/mol. The molecule has 0 amide bonds. The monoisotopic (exact) mass is 139 g/mol. The lowest BCUT2D eigenvalue weighted by Gasteiger charge is -2.24. The number of rotatable bonds is 0. The quantitative estimate of drug-likeness (QED) is 0.542. The van der Waals surface area contributed by atoms with Crippen LogP contribution in [0.2, 0.25) is 0 Å². The van der Waals surface area contributed by atoms with Crippen LogP contribution in [-0.4, -0.2) is 6.04 Å². The van der Waals surface area contributed by atoms with Crippen molar-refractivity contribution in [2.75, 3.05) is 0 Å². The van der Waals surface area contributed by atoms with Gasteiger partial charge in [-0.25, -0.2) is 0 Å². The maximum atomic E-state index is 5.92. The molecule has 0 aromatic carbocycles. The average Bonchev–Trinajstić information content (AvgIpc) is 2.54. The van der Waals surface area contributed by atoms with Gasteiger partial charge in [-0.15, -0.1) is 0 Å². The van der Waals surface area contributed by atoms with E-state index in [1.54, 1.807) is 0 Å². The fourth-order valence-electron chi connectivity index (χ4n) is 2.65. The summed E-state index contributed by atoms with van der Waals surface area (Å²) in [4.78, 5) is 0. The van der Waals surface area contributed by atoms with Crippen LogP contribution in [0, 0.1) is 23.7 Å². The molecule has 58 valence electrons. The molecule has 1 nitrogen and oxygen atoms in total. The van der Waals surface area contributed by atoms with E-state index in [2.05, 4.69) is 13.8 Å². The van der Waals surface area contributed by atoms with E-state index in [1.807, 2.05) is 0 Å². The van der Waals surface area contributed by atoms with Gasteiger partial charge in [-0.2, -0.15) is 0 Å². The van der Waals surface area contributed by atoms with Gasteiger partial charge in [0.1, 0.15) is 0 Å². The van der Waals surface area contributed by atoms with Gasteiger partial charge < -0.3 is 5.73 Å². The first-order valence-corrected chi connectivity index (χ1v) is 4.47. The number of hydrogen-bond donors (Lipinski definition) is 1. The summed E-state index contributed by atoms with van der Waals surface area (Å²) < 4.78 is 0. The molecular formula is C9H17N. The van der Waals surface area contributed by atoms with Crippen molar-refractivity contribution in [3.05, 3.63) is 0 Å². The minimum absolute atomic E-state index is 0.569. The summed E-state index contributed by atoms with van der Waals surface area (Å²) >= 11 is 0. The predicted octanol–water partition coefficient (Wildman–Crippen LogP) is 1.63. The SMILES string of the molecule is C[C@H]1[C@@H]2[C@@H](N)[C@H]2CC[C@H]1C. The van der Waals surface area contributed by atoms with Crippen molar-refractivity contribution in [3.63, 3.8) is 0 Å². The van der Waals surface area contributed by atoms with Crippen LogP contribution in [0.15, 0.2) is 0 Å². The number of hydrogen-bond acceptors (Lipinski definition) is 1. The van der Waals surface area contributed by atoms with Crippen LogP contribution in [0.25, 0.3) is 0 Å². The molecular weight excluding hydrogens is 122 g/mol. The van der Waals surface area contributed by atoms with Crippen molar-refractivity contribution in [2.24, 2.45) is 29.4 Å². The van der Waals surface area contributed by atoms with E-state index in [1.165, 1.54) is 12.8 Å². The van der Waals surface area contributed by atoms with Crippen molar-refractivity contribution < 1.29 is 0 Å². The van der Waals surface area contributed by atoms with Crippen LogP contribution in [-0.2, 0) is 0 Å². The zero-order valence-electron chi connectivity index (χ0n) is 6.88. The third kappa shape index (κ3) is 0.731. The Balaban J connectivity index is 2.05. The Morgan fingerprint density at radius 2 is 1.90 bits per heavy atom. The Bertz CT molecular complexity index is 138. The molecule has 0 aliphatic heterocycles. The van der Waals surface area contributed by atoms with E-state index in [-0.39, 0.29) is 0 Å². The molecule has 0 spiro atoms. The largest absolute Gasteiger partial charge is 0.327 e. The maximum absolute atomic E-state index is 5.92.